The highest BCUT2D eigenvalue weighted by Gasteiger charge is 2.20. The summed E-state index contributed by atoms with van der Waals surface area (Å²) in [6.45, 7) is 3.61. The fraction of sp³-hybridized carbons (Fsp3) is 0.462. The summed E-state index contributed by atoms with van der Waals surface area (Å²) in [7, 11) is 3.24. The molecule has 1 aromatic carbocycles. The lowest BCUT2D eigenvalue weighted by molar-refractivity contribution is 0.0368. The average molecular weight is 316 g/mol. The molecular weight excluding hydrogens is 298 g/mol. The molecule has 0 saturated carbocycles. The molecule has 18 heavy (non-hydrogen) atoms. The van der Waals surface area contributed by atoms with Crippen LogP contribution in [0.25, 0.3) is 0 Å². The van der Waals surface area contributed by atoms with Gasteiger partial charge < -0.3 is 14.7 Å². The third-order valence-electron chi connectivity index (χ3n) is 2.37. The van der Waals surface area contributed by atoms with E-state index in [1.165, 1.54) is 4.90 Å². The van der Waals surface area contributed by atoms with E-state index in [1.54, 1.807) is 46.2 Å². The fourth-order valence-electron chi connectivity index (χ4n) is 1.67. The molecule has 1 rings (SSSR count). The first kappa shape index (κ1) is 15.0. The number of nitrogens with zero attached hydrogens (tertiary/aromatic N) is 1. The molecule has 4 nitrogen and oxygen atoms in total. The summed E-state index contributed by atoms with van der Waals surface area (Å²) in [4.78, 5) is 13.6. The number of likely N-dealkylation sites (N-methyl/N-ethyl adjacent to an activating group) is 1. The van der Waals surface area contributed by atoms with Gasteiger partial charge in [-0.25, -0.2) is 0 Å². The third-order valence-corrected chi connectivity index (χ3v) is 2.99. The maximum Gasteiger partial charge on any atom is 0.253 e. The highest BCUT2D eigenvalue weighted by atomic mass is 79.9. The van der Waals surface area contributed by atoms with E-state index in [9.17, 15) is 9.90 Å². The van der Waals surface area contributed by atoms with E-state index < -0.39 is 5.60 Å². The molecule has 0 aliphatic heterocycles. The zero-order chi connectivity index (χ0) is 13.9. The Hall–Kier alpha value is -1.07. The molecule has 100 valence electrons. The van der Waals surface area contributed by atoms with Crippen LogP contribution in [-0.4, -0.2) is 42.2 Å². The van der Waals surface area contributed by atoms with Crippen LogP contribution in [0.4, 0.5) is 0 Å². The monoisotopic (exact) mass is 315 g/mol. The number of carbonyl (C=O) groups excluding carboxylic acids is 1. The van der Waals surface area contributed by atoms with Gasteiger partial charge >= 0.3 is 0 Å². The number of methoxy groups -OCH3 is 1. The number of amides is 1. The SMILES string of the molecule is COc1ccc(C(=O)N(C)CC(C)(C)O)cc1Br. The Kier molecular flexibility index (Phi) is 4.76. The first-order chi connectivity index (χ1) is 8.24. The van der Waals surface area contributed by atoms with Crippen LogP contribution in [0.5, 0.6) is 5.75 Å². The molecule has 1 amide bonds. The van der Waals surface area contributed by atoms with Crippen molar-refractivity contribution in [1.82, 2.24) is 4.90 Å². The second-order valence-electron chi connectivity index (χ2n) is 4.82. The molecule has 0 spiro atoms. The summed E-state index contributed by atoms with van der Waals surface area (Å²) in [5, 5.41) is 9.70. The largest absolute Gasteiger partial charge is 0.496 e. The number of rotatable bonds is 4. The van der Waals surface area contributed by atoms with E-state index in [2.05, 4.69) is 15.9 Å². The molecule has 0 unspecified atom stereocenters. The topological polar surface area (TPSA) is 49.8 Å². The maximum atomic E-state index is 12.1. The number of halogens is 1. The predicted octanol–water partition coefficient (Wildman–Crippen LogP) is 2.30. The van der Waals surface area contributed by atoms with Crippen LogP contribution in [0, 0.1) is 0 Å². The molecule has 0 aromatic heterocycles. The minimum absolute atomic E-state index is 0.138. The second kappa shape index (κ2) is 5.71. The van der Waals surface area contributed by atoms with Gasteiger partial charge in [-0.1, -0.05) is 0 Å². The Morgan fingerprint density at radius 3 is 2.56 bits per heavy atom. The van der Waals surface area contributed by atoms with Crippen LogP contribution in [0.1, 0.15) is 24.2 Å². The van der Waals surface area contributed by atoms with Crippen molar-refractivity contribution in [2.45, 2.75) is 19.4 Å². The molecular formula is C13H18BrNO3. The molecule has 5 heteroatoms. The van der Waals surface area contributed by atoms with Crippen LogP contribution in [0.15, 0.2) is 22.7 Å². The third kappa shape index (κ3) is 3.99. The molecule has 0 saturated heterocycles. The Labute approximate surface area is 116 Å². The van der Waals surface area contributed by atoms with Crippen LogP contribution in [0.2, 0.25) is 0 Å². The van der Waals surface area contributed by atoms with Gasteiger partial charge in [0, 0.05) is 19.2 Å². The zero-order valence-corrected chi connectivity index (χ0v) is 12.6. The molecule has 0 aliphatic rings. The van der Waals surface area contributed by atoms with E-state index in [-0.39, 0.29) is 12.5 Å². The summed E-state index contributed by atoms with van der Waals surface area (Å²) < 4.78 is 5.84. The molecule has 1 N–H and O–H groups in total. The van der Waals surface area contributed by atoms with E-state index in [0.717, 1.165) is 4.47 Å². The standard InChI is InChI=1S/C13H18BrNO3/c1-13(2,17)8-15(3)12(16)9-5-6-11(18-4)10(14)7-9/h5-7,17H,8H2,1-4H3. The van der Waals surface area contributed by atoms with E-state index in [4.69, 9.17) is 4.74 Å². The number of carbonyl (C=O) groups is 1. The Balaban J connectivity index is 2.87. The van der Waals surface area contributed by atoms with Gasteiger partial charge in [0.25, 0.3) is 5.91 Å². The lowest BCUT2D eigenvalue weighted by atomic mass is 10.1. The van der Waals surface area contributed by atoms with Crippen molar-refractivity contribution in [2.24, 2.45) is 0 Å². The number of hydrogen-bond donors (Lipinski definition) is 1. The van der Waals surface area contributed by atoms with Gasteiger partial charge in [-0.15, -0.1) is 0 Å². The second-order valence-corrected chi connectivity index (χ2v) is 5.68. The highest BCUT2D eigenvalue weighted by molar-refractivity contribution is 9.10. The summed E-state index contributed by atoms with van der Waals surface area (Å²) >= 11 is 3.34. The Morgan fingerprint density at radius 2 is 2.11 bits per heavy atom. The van der Waals surface area contributed by atoms with Crippen LogP contribution < -0.4 is 4.74 Å². The normalized spacial score (nSPS) is 11.2. The smallest absolute Gasteiger partial charge is 0.253 e. The maximum absolute atomic E-state index is 12.1. The summed E-state index contributed by atoms with van der Waals surface area (Å²) in [5.41, 5.74) is -0.358. The highest BCUT2D eigenvalue weighted by Crippen LogP contribution is 2.26. The molecule has 0 atom stereocenters. The lowest BCUT2D eigenvalue weighted by Gasteiger charge is -2.25. The molecule has 0 heterocycles. The van der Waals surface area contributed by atoms with Crippen molar-refractivity contribution in [2.75, 3.05) is 20.7 Å². The van der Waals surface area contributed by atoms with E-state index >= 15 is 0 Å². The van der Waals surface area contributed by atoms with Crippen molar-refractivity contribution >= 4 is 21.8 Å². The van der Waals surface area contributed by atoms with Crippen molar-refractivity contribution in [3.8, 4) is 5.75 Å². The van der Waals surface area contributed by atoms with Gasteiger partial charge in [0.2, 0.25) is 0 Å². The van der Waals surface area contributed by atoms with Crippen molar-refractivity contribution in [3.05, 3.63) is 28.2 Å². The summed E-state index contributed by atoms with van der Waals surface area (Å²) in [5.74, 6) is 0.539. The van der Waals surface area contributed by atoms with Crippen LogP contribution in [0.3, 0.4) is 0 Å². The lowest BCUT2D eigenvalue weighted by Crippen LogP contribution is -2.39. The van der Waals surface area contributed by atoms with Crippen molar-refractivity contribution in [3.63, 3.8) is 0 Å². The Bertz CT molecular complexity index is 440. The van der Waals surface area contributed by atoms with Crippen LogP contribution >= 0.6 is 15.9 Å². The van der Waals surface area contributed by atoms with Gasteiger partial charge in [0.1, 0.15) is 5.75 Å². The molecule has 1 aromatic rings. The summed E-state index contributed by atoms with van der Waals surface area (Å²) in [6.07, 6.45) is 0. The van der Waals surface area contributed by atoms with Crippen molar-refractivity contribution < 1.29 is 14.6 Å². The molecule has 0 aliphatic carbocycles. The number of benzene rings is 1. The molecule has 0 fully saturated rings. The minimum atomic E-state index is -0.909. The fourth-order valence-corrected chi connectivity index (χ4v) is 2.21. The van der Waals surface area contributed by atoms with Gasteiger partial charge in [-0.2, -0.15) is 0 Å². The molecule has 0 bridgehead atoms. The average Bonchev–Trinajstić information content (AvgIpc) is 2.25. The van der Waals surface area contributed by atoms with E-state index in [0.29, 0.717) is 11.3 Å². The number of aliphatic hydroxyl groups is 1. The first-order valence-corrected chi connectivity index (χ1v) is 6.35. The predicted molar refractivity (Wildman–Crippen MR) is 74.0 cm³/mol. The van der Waals surface area contributed by atoms with Gasteiger partial charge in [-0.05, 0) is 48.0 Å². The van der Waals surface area contributed by atoms with Gasteiger partial charge in [0.15, 0.2) is 0 Å². The Morgan fingerprint density at radius 1 is 1.50 bits per heavy atom. The minimum Gasteiger partial charge on any atom is -0.496 e. The first-order valence-electron chi connectivity index (χ1n) is 5.56. The van der Waals surface area contributed by atoms with Crippen molar-refractivity contribution in [1.29, 1.82) is 0 Å². The van der Waals surface area contributed by atoms with Gasteiger partial charge in [-0.3, -0.25) is 4.79 Å². The van der Waals surface area contributed by atoms with Crippen LogP contribution in [-0.2, 0) is 0 Å². The number of ether oxygens (including phenoxy) is 1. The summed E-state index contributed by atoms with van der Waals surface area (Å²) in [6, 6.07) is 5.14. The van der Waals surface area contributed by atoms with E-state index in [1.807, 2.05) is 0 Å². The number of hydrogen-bond acceptors (Lipinski definition) is 3. The quantitative estimate of drug-likeness (QED) is 0.927. The van der Waals surface area contributed by atoms with Gasteiger partial charge in [0.05, 0.1) is 17.2 Å². The molecule has 0 radical (unpaired) electrons. The zero-order valence-electron chi connectivity index (χ0n) is 11.0.